The van der Waals surface area contributed by atoms with E-state index in [1.807, 2.05) is 36.4 Å². The first-order valence-corrected chi connectivity index (χ1v) is 5.81. The number of benzene rings is 2. The van der Waals surface area contributed by atoms with Gasteiger partial charge in [0.05, 0.1) is 0 Å². The van der Waals surface area contributed by atoms with Crippen molar-refractivity contribution in [2.75, 3.05) is 0 Å². The molecular formula is C14H10N6. The smallest absolute Gasteiger partial charge is 0.0447 e. The molecule has 96 valence electrons. The number of hydrogen-bond acceptors (Lipinski definition) is 2. The van der Waals surface area contributed by atoms with Gasteiger partial charge < -0.3 is 0 Å². The summed E-state index contributed by atoms with van der Waals surface area (Å²) in [6.07, 6.45) is 3.63. The first-order valence-electron chi connectivity index (χ1n) is 5.81. The summed E-state index contributed by atoms with van der Waals surface area (Å²) in [7, 11) is 0. The molecule has 0 unspecified atom stereocenters. The van der Waals surface area contributed by atoms with E-state index in [1.165, 1.54) is 0 Å². The Morgan fingerprint density at radius 3 is 1.50 bits per heavy atom. The topological polar surface area (TPSA) is 97.5 Å². The molecule has 0 heterocycles. The monoisotopic (exact) mass is 262 g/mol. The third kappa shape index (κ3) is 3.17. The van der Waals surface area contributed by atoms with Crippen LogP contribution in [0.1, 0.15) is 11.1 Å². The van der Waals surface area contributed by atoms with Crippen molar-refractivity contribution >= 4 is 23.5 Å². The van der Waals surface area contributed by atoms with Crippen LogP contribution in [0.2, 0.25) is 0 Å². The number of rotatable bonds is 4. The molecule has 0 aliphatic rings. The maximum atomic E-state index is 8.52. The molecular weight excluding hydrogens is 252 g/mol. The summed E-state index contributed by atoms with van der Waals surface area (Å²) < 4.78 is 0. The molecule has 0 radical (unpaired) electrons. The van der Waals surface area contributed by atoms with Crippen molar-refractivity contribution in [1.82, 2.24) is 0 Å². The van der Waals surface area contributed by atoms with Gasteiger partial charge in [-0.05, 0) is 22.2 Å². The zero-order valence-corrected chi connectivity index (χ0v) is 10.5. The second kappa shape index (κ2) is 6.66. The quantitative estimate of drug-likeness (QED) is 0.290. The Kier molecular flexibility index (Phi) is 4.41. The fourth-order valence-corrected chi connectivity index (χ4v) is 1.71. The van der Waals surface area contributed by atoms with Crippen LogP contribution in [0.4, 0.5) is 11.4 Å². The summed E-state index contributed by atoms with van der Waals surface area (Å²) in [5, 5.41) is 7.25. The van der Waals surface area contributed by atoms with Gasteiger partial charge in [-0.3, -0.25) is 0 Å². The summed E-state index contributed by atoms with van der Waals surface area (Å²) in [4.78, 5) is 5.59. The predicted molar refractivity (Wildman–Crippen MR) is 79.4 cm³/mol. The molecule has 0 saturated heterocycles. The van der Waals surface area contributed by atoms with Crippen LogP contribution in [-0.2, 0) is 0 Å². The van der Waals surface area contributed by atoms with Gasteiger partial charge in [0.25, 0.3) is 0 Å². The van der Waals surface area contributed by atoms with E-state index in [2.05, 4.69) is 20.1 Å². The van der Waals surface area contributed by atoms with Crippen LogP contribution in [-0.4, -0.2) is 0 Å². The van der Waals surface area contributed by atoms with Crippen LogP contribution in [0, 0.1) is 0 Å². The molecule has 0 saturated carbocycles. The Morgan fingerprint density at radius 1 is 0.700 bits per heavy atom. The molecule has 0 amide bonds. The van der Waals surface area contributed by atoms with Crippen molar-refractivity contribution in [1.29, 1.82) is 0 Å². The summed E-state index contributed by atoms with van der Waals surface area (Å²) in [5.41, 5.74) is 19.7. The lowest BCUT2D eigenvalue weighted by molar-refractivity contribution is 1.45. The first-order chi connectivity index (χ1) is 9.85. The second-order valence-electron chi connectivity index (χ2n) is 3.83. The Hall–Kier alpha value is -3.20. The number of nitrogens with zero attached hydrogens (tertiary/aromatic N) is 6. The molecule has 2 aromatic rings. The van der Waals surface area contributed by atoms with Crippen molar-refractivity contribution in [3.8, 4) is 0 Å². The zero-order valence-electron chi connectivity index (χ0n) is 10.5. The van der Waals surface area contributed by atoms with Gasteiger partial charge in [-0.1, -0.05) is 70.9 Å². The molecule has 0 aromatic heterocycles. The lowest BCUT2D eigenvalue weighted by atomic mass is 10.1. The highest BCUT2D eigenvalue weighted by Gasteiger charge is 1.97. The summed E-state index contributed by atoms with van der Waals surface area (Å²) in [5.74, 6) is 0. The number of azide groups is 2. The Morgan fingerprint density at radius 2 is 1.10 bits per heavy atom. The third-order valence-corrected chi connectivity index (χ3v) is 2.62. The van der Waals surface area contributed by atoms with Gasteiger partial charge in [0.1, 0.15) is 0 Å². The highest BCUT2D eigenvalue weighted by atomic mass is 15.1. The summed E-state index contributed by atoms with van der Waals surface area (Å²) >= 11 is 0. The van der Waals surface area contributed by atoms with Gasteiger partial charge in [0, 0.05) is 21.2 Å². The SMILES string of the molecule is [N-]=[N+]=Nc1ccccc1/C=C/c1ccccc1N=[N+]=[N-]. The number of hydrogen-bond donors (Lipinski definition) is 0. The van der Waals surface area contributed by atoms with E-state index in [0.717, 1.165) is 11.1 Å². The summed E-state index contributed by atoms with van der Waals surface area (Å²) in [6.45, 7) is 0. The van der Waals surface area contributed by atoms with Crippen LogP contribution in [0.15, 0.2) is 58.8 Å². The molecule has 6 heteroatoms. The molecule has 2 rings (SSSR count). The maximum Gasteiger partial charge on any atom is 0.0447 e. The van der Waals surface area contributed by atoms with Gasteiger partial charge in [-0.2, -0.15) is 0 Å². The Labute approximate surface area is 115 Å². The lowest BCUT2D eigenvalue weighted by Gasteiger charge is -2.00. The predicted octanol–water partition coefficient (Wildman–Crippen LogP) is 5.74. The first kappa shape index (κ1) is 13.2. The van der Waals surface area contributed by atoms with Crippen LogP contribution in [0.3, 0.4) is 0 Å². The largest absolute Gasteiger partial charge is 0.0618 e. The fourth-order valence-electron chi connectivity index (χ4n) is 1.71. The van der Waals surface area contributed by atoms with Crippen molar-refractivity contribution in [3.05, 3.63) is 80.5 Å². The van der Waals surface area contributed by atoms with Gasteiger partial charge >= 0.3 is 0 Å². The minimum atomic E-state index is 0.549. The van der Waals surface area contributed by atoms with E-state index in [9.17, 15) is 0 Å². The van der Waals surface area contributed by atoms with Crippen LogP contribution in [0.25, 0.3) is 33.0 Å². The average Bonchev–Trinajstić information content (AvgIpc) is 2.48. The molecule has 0 aliphatic carbocycles. The Bertz CT molecular complexity index is 673. The van der Waals surface area contributed by atoms with E-state index in [4.69, 9.17) is 11.1 Å². The van der Waals surface area contributed by atoms with Crippen molar-refractivity contribution in [2.45, 2.75) is 0 Å². The van der Waals surface area contributed by atoms with Crippen molar-refractivity contribution < 1.29 is 0 Å². The lowest BCUT2D eigenvalue weighted by Crippen LogP contribution is -1.75. The van der Waals surface area contributed by atoms with Crippen molar-refractivity contribution in [2.24, 2.45) is 10.2 Å². The molecule has 6 nitrogen and oxygen atoms in total. The third-order valence-electron chi connectivity index (χ3n) is 2.62. The summed E-state index contributed by atoms with van der Waals surface area (Å²) in [6, 6.07) is 14.5. The molecule has 20 heavy (non-hydrogen) atoms. The van der Waals surface area contributed by atoms with E-state index in [-0.39, 0.29) is 0 Å². The molecule has 0 N–H and O–H groups in total. The van der Waals surface area contributed by atoms with Crippen LogP contribution in [0.5, 0.6) is 0 Å². The highest BCUT2D eigenvalue weighted by molar-refractivity contribution is 5.78. The minimum Gasteiger partial charge on any atom is -0.0618 e. The Balaban J connectivity index is 2.40. The minimum absolute atomic E-state index is 0.549. The molecule has 0 atom stereocenters. The highest BCUT2D eigenvalue weighted by Crippen LogP contribution is 2.24. The molecule has 0 aliphatic heterocycles. The molecule has 2 aromatic carbocycles. The van der Waals surface area contributed by atoms with E-state index in [0.29, 0.717) is 11.4 Å². The van der Waals surface area contributed by atoms with Crippen molar-refractivity contribution in [3.63, 3.8) is 0 Å². The van der Waals surface area contributed by atoms with Gasteiger partial charge in [-0.15, -0.1) is 0 Å². The fraction of sp³-hybridized carbons (Fsp3) is 0. The van der Waals surface area contributed by atoms with Gasteiger partial charge in [0.2, 0.25) is 0 Å². The zero-order chi connectivity index (χ0) is 14.2. The van der Waals surface area contributed by atoms with Gasteiger partial charge in [0.15, 0.2) is 0 Å². The second-order valence-corrected chi connectivity index (χ2v) is 3.83. The van der Waals surface area contributed by atoms with E-state index >= 15 is 0 Å². The van der Waals surface area contributed by atoms with Crippen LogP contribution >= 0.6 is 0 Å². The normalized spacial score (nSPS) is 9.80. The average molecular weight is 262 g/mol. The maximum absolute atomic E-state index is 8.52. The molecule has 0 spiro atoms. The molecule has 0 fully saturated rings. The van der Waals surface area contributed by atoms with E-state index in [1.54, 1.807) is 24.3 Å². The molecule has 0 bridgehead atoms. The van der Waals surface area contributed by atoms with Crippen LogP contribution < -0.4 is 0 Å². The van der Waals surface area contributed by atoms with E-state index < -0.39 is 0 Å². The standard InChI is InChI=1S/C14H10N6/c15-19-17-13-7-3-1-5-11(13)9-10-12-6-2-4-8-14(12)18-20-16/h1-10H/b10-9+. The van der Waals surface area contributed by atoms with Gasteiger partial charge in [-0.25, -0.2) is 0 Å².